The third kappa shape index (κ3) is 6.31. The van der Waals surface area contributed by atoms with Crippen molar-refractivity contribution in [3.63, 3.8) is 0 Å². The van der Waals surface area contributed by atoms with Gasteiger partial charge in [-0.05, 0) is 13.3 Å². The summed E-state index contributed by atoms with van der Waals surface area (Å²) >= 11 is 0.584. The van der Waals surface area contributed by atoms with E-state index >= 15 is 0 Å². The van der Waals surface area contributed by atoms with Crippen LogP contribution in [0.25, 0.3) is 0 Å². The molecular formula is C10H19AlO3. The Morgan fingerprint density at radius 2 is 2.00 bits per heavy atom. The molecule has 0 bridgehead atoms. The molecule has 0 aliphatic carbocycles. The summed E-state index contributed by atoms with van der Waals surface area (Å²) in [6, 6.07) is 0. The van der Waals surface area contributed by atoms with E-state index in [0.717, 1.165) is 19.3 Å². The smallest absolute Gasteiger partial charge is 0.410 e. The zero-order valence-electron chi connectivity index (χ0n) is 9.34. The van der Waals surface area contributed by atoms with Crippen molar-refractivity contribution in [2.45, 2.75) is 52.1 Å². The van der Waals surface area contributed by atoms with Crippen LogP contribution >= 0.6 is 0 Å². The molecule has 0 rings (SSSR count). The lowest BCUT2D eigenvalue weighted by Gasteiger charge is -2.14. The Kier molecular flexibility index (Phi) is 8.07. The highest BCUT2D eigenvalue weighted by atomic mass is 27.1. The van der Waals surface area contributed by atoms with Crippen molar-refractivity contribution in [2.24, 2.45) is 0 Å². The standard InChI is InChI=1S/C10H17O3.Al.2H/c1-3-4-5-9(12)10(13)7-6-8(2)11;;;/h9H,3-7H2,1-2H3;;;/q-1;+1;;. The maximum absolute atomic E-state index is 11.5. The molecule has 0 aromatic rings. The van der Waals surface area contributed by atoms with Gasteiger partial charge in [0.2, 0.25) is 0 Å². The Morgan fingerprint density at radius 1 is 1.36 bits per heavy atom. The first kappa shape index (κ1) is 13.8. The lowest BCUT2D eigenvalue weighted by atomic mass is 10.0. The summed E-state index contributed by atoms with van der Waals surface area (Å²) in [7, 11) is 0. The predicted octanol–water partition coefficient (Wildman–Crippen LogP) is 1.05. The molecule has 0 radical (unpaired) electrons. The highest BCUT2D eigenvalue weighted by Crippen LogP contribution is 2.08. The van der Waals surface area contributed by atoms with Gasteiger partial charge in [-0.2, -0.15) is 0 Å². The van der Waals surface area contributed by atoms with E-state index in [9.17, 15) is 9.59 Å². The van der Waals surface area contributed by atoms with E-state index in [1.807, 2.05) is 0 Å². The number of hydrogen-bond donors (Lipinski definition) is 0. The molecule has 0 N–H and O–H groups in total. The SMILES string of the molecule is CCCCC([O][AlH2])C(=O)CCC(C)=O. The molecule has 0 aliphatic rings. The van der Waals surface area contributed by atoms with Crippen molar-refractivity contribution in [3.8, 4) is 0 Å². The summed E-state index contributed by atoms with van der Waals surface area (Å²) < 4.78 is 5.22. The molecule has 0 fully saturated rings. The molecule has 0 saturated carbocycles. The van der Waals surface area contributed by atoms with Crippen molar-refractivity contribution >= 4 is 28.2 Å². The van der Waals surface area contributed by atoms with E-state index in [1.165, 1.54) is 6.92 Å². The zero-order valence-corrected chi connectivity index (χ0v) is 11.3. The third-order valence-electron chi connectivity index (χ3n) is 2.19. The van der Waals surface area contributed by atoms with Crippen molar-refractivity contribution in [3.05, 3.63) is 0 Å². The fourth-order valence-electron chi connectivity index (χ4n) is 1.26. The maximum Gasteiger partial charge on any atom is 0.410 e. The Hall–Kier alpha value is -0.168. The van der Waals surface area contributed by atoms with E-state index in [4.69, 9.17) is 3.79 Å². The molecule has 1 unspecified atom stereocenters. The first-order valence-corrected chi connectivity index (χ1v) is 5.98. The molecule has 1 atom stereocenters. The minimum Gasteiger partial charge on any atom is -0.498 e. The van der Waals surface area contributed by atoms with Gasteiger partial charge < -0.3 is 8.58 Å². The number of rotatable bonds is 8. The van der Waals surface area contributed by atoms with Crippen LogP contribution < -0.4 is 0 Å². The van der Waals surface area contributed by atoms with Gasteiger partial charge in [0.15, 0.2) is 5.78 Å². The summed E-state index contributed by atoms with van der Waals surface area (Å²) in [5.41, 5.74) is 0. The Balaban J connectivity index is 3.85. The van der Waals surface area contributed by atoms with E-state index in [-0.39, 0.29) is 17.7 Å². The molecule has 0 spiro atoms. The number of unbranched alkanes of at least 4 members (excludes halogenated alkanes) is 1. The van der Waals surface area contributed by atoms with Gasteiger partial charge >= 0.3 is 16.6 Å². The van der Waals surface area contributed by atoms with Crippen molar-refractivity contribution < 1.29 is 13.4 Å². The number of carbonyl (C=O) groups is 2. The van der Waals surface area contributed by atoms with Crippen LogP contribution in [0.15, 0.2) is 0 Å². The molecule has 14 heavy (non-hydrogen) atoms. The van der Waals surface area contributed by atoms with Gasteiger partial charge in [0.1, 0.15) is 5.78 Å². The van der Waals surface area contributed by atoms with Crippen LogP contribution in [-0.2, 0) is 13.4 Å². The zero-order chi connectivity index (χ0) is 11.0. The molecule has 0 saturated heterocycles. The average molecular weight is 214 g/mol. The van der Waals surface area contributed by atoms with Crippen LogP contribution in [0, 0.1) is 0 Å². The van der Waals surface area contributed by atoms with Gasteiger partial charge in [-0.1, -0.05) is 19.8 Å². The van der Waals surface area contributed by atoms with E-state index in [2.05, 4.69) is 6.92 Å². The normalized spacial score (nSPS) is 12.4. The summed E-state index contributed by atoms with van der Waals surface area (Å²) in [5.74, 6) is 0.157. The summed E-state index contributed by atoms with van der Waals surface area (Å²) in [6.07, 6.45) is 3.33. The van der Waals surface area contributed by atoms with Crippen molar-refractivity contribution in [2.75, 3.05) is 0 Å². The van der Waals surface area contributed by atoms with Gasteiger partial charge in [-0.25, -0.2) is 0 Å². The molecule has 0 aromatic heterocycles. The molecule has 4 heteroatoms. The fourth-order valence-corrected chi connectivity index (χ4v) is 1.76. The summed E-state index contributed by atoms with van der Waals surface area (Å²) in [5, 5.41) is 0. The quantitative estimate of drug-likeness (QED) is 0.567. The van der Waals surface area contributed by atoms with Gasteiger partial charge in [-0.15, -0.1) is 0 Å². The Bertz CT molecular complexity index is 192. The van der Waals surface area contributed by atoms with Gasteiger partial charge in [0.25, 0.3) is 0 Å². The third-order valence-corrected chi connectivity index (χ3v) is 2.76. The molecule has 3 nitrogen and oxygen atoms in total. The highest BCUT2D eigenvalue weighted by molar-refractivity contribution is 6.00. The van der Waals surface area contributed by atoms with E-state index in [0.29, 0.717) is 29.5 Å². The lowest BCUT2D eigenvalue weighted by Crippen LogP contribution is -2.23. The average Bonchev–Trinajstić information content (AvgIpc) is 2.16. The highest BCUT2D eigenvalue weighted by Gasteiger charge is 2.15. The number of hydrogen-bond acceptors (Lipinski definition) is 3. The van der Waals surface area contributed by atoms with Crippen molar-refractivity contribution in [1.29, 1.82) is 0 Å². The topological polar surface area (TPSA) is 43.4 Å². The van der Waals surface area contributed by atoms with Crippen LogP contribution in [-0.4, -0.2) is 34.3 Å². The molecule has 0 heterocycles. The second-order valence-corrected chi connectivity index (χ2v) is 4.01. The molecule has 0 amide bonds. The van der Waals surface area contributed by atoms with Gasteiger partial charge in [0.05, 0.1) is 6.10 Å². The van der Waals surface area contributed by atoms with Crippen LogP contribution in [0.3, 0.4) is 0 Å². The monoisotopic (exact) mass is 214 g/mol. The number of carbonyl (C=O) groups excluding carboxylic acids is 2. The van der Waals surface area contributed by atoms with Crippen LogP contribution in [0.1, 0.15) is 46.0 Å². The second-order valence-electron chi connectivity index (χ2n) is 3.53. The summed E-state index contributed by atoms with van der Waals surface area (Å²) in [4.78, 5) is 22.2. The van der Waals surface area contributed by atoms with Gasteiger partial charge in [-0.3, -0.25) is 4.79 Å². The first-order valence-electron chi connectivity index (χ1n) is 5.16. The predicted molar refractivity (Wildman–Crippen MR) is 57.9 cm³/mol. The molecule has 0 aromatic carbocycles. The number of ketones is 2. The number of Topliss-reactive ketones (excluding diaryl/α,β-unsaturated/α-hetero) is 2. The van der Waals surface area contributed by atoms with Crippen LogP contribution in [0.4, 0.5) is 0 Å². The summed E-state index contributed by atoms with van der Waals surface area (Å²) in [6.45, 7) is 3.60. The van der Waals surface area contributed by atoms with Crippen LogP contribution in [0.2, 0.25) is 0 Å². The minimum absolute atomic E-state index is 0.0703. The fraction of sp³-hybridized carbons (Fsp3) is 0.800. The second kappa shape index (κ2) is 8.17. The maximum atomic E-state index is 11.5. The molecule has 0 aliphatic heterocycles. The lowest BCUT2D eigenvalue weighted by molar-refractivity contribution is -0.128. The minimum atomic E-state index is -0.249. The Morgan fingerprint density at radius 3 is 2.43 bits per heavy atom. The van der Waals surface area contributed by atoms with E-state index in [1.54, 1.807) is 0 Å². The largest absolute Gasteiger partial charge is 0.498 e. The van der Waals surface area contributed by atoms with E-state index < -0.39 is 0 Å². The Labute approximate surface area is 94.0 Å². The van der Waals surface area contributed by atoms with Gasteiger partial charge in [0, 0.05) is 12.8 Å². The van der Waals surface area contributed by atoms with Crippen LogP contribution in [0.5, 0.6) is 0 Å². The first-order chi connectivity index (χ1) is 6.61. The molecular weight excluding hydrogens is 195 g/mol. The molecule has 80 valence electrons. The van der Waals surface area contributed by atoms with Crippen molar-refractivity contribution in [1.82, 2.24) is 0 Å².